The summed E-state index contributed by atoms with van der Waals surface area (Å²) in [4.78, 5) is 21.2. The number of rotatable bonds is 6. The third-order valence-corrected chi connectivity index (χ3v) is 3.68. The Kier molecular flexibility index (Phi) is 5.73. The predicted molar refractivity (Wildman–Crippen MR) is 95.8 cm³/mol. The molecule has 1 amide bonds. The number of benzene rings is 1. The van der Waals surface area contributed by atoms with E-state index < -0.39 is 0 Å². The molecule has 6 heteroatoms. The molecule has 0 saturated heterocycles. The lowest BCUT2D eigenvalue weighted by atomic mass is 10.2. The molecule has 0 bridgehead atoms. The van der Waals surface area contributed by atoms with E-state index in [1.807, 2.05) is 39.0 Å². The quantitative estimate of drug-likeness (QED) is 0.848. The van der Waals surface area contributed by atoms with Crippen LogP contribution in [-0.4, -0.2) is 29.0 Å². The van der Waals surface area contributed by atoms with Crippen LogP contribution in [0, 0.1) is 13.8 Å². The number of carbonyl (C=O) groups excluding carboxylic acids is 1. The molecule has 1 atom stereocenters. The molecular formula is C18H24N4O2. The molecular weight excluding hydrogens is 304 g/mol. The molecule has 1 aromatic heterocycles. The maximum atomic E-state index is 12.6. The zero-order valence-corrected chi connectivity index (χ0v) is 14.8. The zero-order chi connectivity index (χ0) is 17.7. The fraction of sp³-hybridized carbons (Fsp3) is 0.389. The minimum atomic E-state index is -0.295. The van der Waals surface area contributed by atoms with E-state index >= 15 is 0 Å². The highest BCUT2D eigenvalue weighted by Gasteiger charge is 2.14. The number of hydrogen-bond donors (Lipinski definition) is 2. The lowest BCUT2D eigenvalue weighted by Gasteiger charge is -2.14. The molecule has 0 fully saturated rings. The van der Waals surface area contributed by atoms with Crippen molar-refractivity contribution in [3.05, 3.63) is 41.2 Å². The topological polar surface area (TPSA) is 76.1 Å². The normalized spacial score (nSPS) is 11.7. The first-order valence-electron chi connectivity index (χ1n) is 8.01. The maximum Gasteiger partial charge on any atom is 0.274 e. The second-order valence-electron chi connectivity index (χ2n) is 5.83. The molecule has 1 aromatic carbocycles. The van der Waals surface area contributed by atoms with Crippen molar-refractivity contribution in [3.8, 4) is 5.75 Å². The van der Waals surface area contributed by atoms with Crippen LogP contribution in [0.3, 0.4) is 0 Å². The van der Waals surface area contributed by atoms with Gasteiger partial charge in [-0.25, -0.2) is 9.97 Å². The lowest BCUT2D eigenvalue weighted by Crippen LogP contribution is -2.20. The summed E-state index contributed by atoms with van der Waals surface area (Å²) in [7, 11) is 1.57. The Hall–Kier alpha value is -2.63. The van der Waals surface area contributed by atoms with E-state index in [-0.39, 0.29) is 11.9 Å². The lowest BCUT2D eigenvalue weighted by molar-refractivity contribution is 0.102. The Balaban J connectivity index is 2.25. The van der Waals surface area contributed by atoms with Crippen molar-refractivity contribution < 1.29 is 9.53 Å². The number of carbonyl (C=O) groups is 1. The summed E-state index contributed by atoms with van der Waals surface area (Å²) in [5.41, 5.74) is 2.70. The number of amides is 1. The van der Waals surface area contributed by atoms with Gasteiger partial charge in [-0.3, -0.25) is 4.79 Å². The Morgan fingerprint density at radius 3 is 2.67 bits per heavy atom. The third kappa shape index (κ3) is 4.44. The zero-order valence-electron chi connectivity index (χ0n) is 14.8. The van der Waals surface area contributed by atoms with E-state index in [2.05, 4.69) is 27.5 Å². The molecule has 2 N–H and O–H groups in total. The maximum absolute atomic E-state index is 12.6. The molecule has 1 unspecified atom stereocenters. The van der Waals surface area contributed by atoms with Crippen molar-refractivity contribution in [2.75, 3.05) is 17.7 Å². The van der Waals surface area contributed by atoms with E-state index in [4.69, 9.17) is 4.74 Å². The van der Waals surface area contributed by atoms with E-state index in [0.717, 1.165) is 17.7 Å². The van der Waals surface area contributed by atoms with Crippen molar-refractivity contribution in [2.45, 2.75) is 40.2 Å². The van der Waals surface area contributed by atoms with Crippen LogP contribution in [0.4, 0.5) is 11.6 Å². The SMILES string of the molecule is CCC(C)Nc1nc(C)cc(C(=O)Nc2cc(C)ccc2OC)n1. The van der Waals surface area contributed by atoms with Gasteiger partial charge in [0.1, 0.15) is 11.4 Å². The minimum absolute atomic E-state index is 0.236. The number of ether oxygens (including phenoxy) is 1. The largest absolute Gasteiger partial charge is 0.495 e. The molecule has 0 aliphatic carbocycles. The van der Waals surface area contributed by atoms with E-state index in [0.29, 0.717) is 23.1 Å². The monoisotopic (exact) mass is 328 g/mol. The number of nitrogens with one attached hydrogen (secondary N) is 2. The van der Waals surface area contributed by atoms with Gasteiger partial charge in [-0.15, -0.1) is 0 Å². The van der Waals surface area contributed by atoms with Crippen LogP contribution in [0.15, 0.2) is 24.3 Å². The van der Waals surface area contributed by atoms with Crippen LogP contribution < -0.4 is 15.4 Å². The average molecular weight is 328 g/mol. The van der Waals surface area contributed by atoms with Crippen molar-refractivity contribution in [1.29, 1.82) is 0 Å². The van der Waals surface area contributed by atoms with Crippen LogP contribution in [0.25, 0.3) is 0 Å². The Morgan fingerprint density at radius 1 is 1.25 bits per heavy atom. The third-order valence-electron chi connectivity index (χ3n) is 3.68. The van der Waals surface area contributed by atoms with Crippen LogP contribution in [-0.2, 0) is 0 Å². The summed E-state index contributed by atoms with van der Waals surface area (Å²) in [6, 6.07) is 7.52. The highest BCUT2D eigenvalue weighted by Crippen LogP contribution is 2.25. The average Bonchev–Trinajstić information content (AvgIpc) is 2.54. The molecule has 128 valence electrons. The molecule has 0 saturated carbocycles. The Morgan fingerprint density at radius 2 is 2.00 bits per heavy atom. The van der Waals surface area contributed by atoms with Crippen LogP contribution in [0.2, 0.25) is 0 Å². The van der Waals surface area contributed by atoms with Crippen LogP contribution in [0.1, 0.15) is 42.0 Å². The summed E-state index contributed by atoms with van der Waals surface area (Å²) in [6.07, 6.45) is 0.944. The first kappa shape index (κ1) is 17.7. The van der Waals surface area contributed by atoms with E-state index in [1.165, 1.54) is 0 Å². The van der Waals surface area contributed by atoms with Crippen molar-refractivity contribution in [2.24, 2.45) is 0 Å². The number of anilines is 2. The highest BCUT2D eigenvalue weighted by molar-refractivity contribution is 6.04. The standard InChI is InChI=1S/C18H24N4O2/c1-6-12(3)19-18-20-13(4)10-15(22-18)17(23)21-14-9-11(2)7-8-16(14)24-5/h7-10,12H,6H2,1-5H3,(H,21,23)(H,19,20,22). The van der Waals surface area contributed by atoms with Crippen LogP contribution >= 0.6 is 0 Å². The second-order valence-corrected chi connectivity index (χ2v) is 5.83. The van der Waals surface area contributed by atoms with E-state index in [1.54, 1.807) is 13.2 Å². The molecule has 24 heavy (non-hydrogen) atoms. The van der Waals surface area contributed by atoms with E-state index in [9.17, 15) is 4.79 Å². The number of aryl methyl sites for hydroxylation is 2. The van der Waals surface area contributed by atoms with Gasteiger partial charge < -0.3 is 15.4 Å². The second kappa shape index (κ2) is 7.77. The van der Waals surface area contributed by atoms with Crippen molar-refractivity contribution in [1.82, 2.24) is 9.97 Å². The smallest absolute Gasteiger partial charge is 0.274 e. The molecule has 0 spiro atoms. The minimum Gasteiger partial charge on any atom is -0.495 e. The van der Waals surface area contributed by atoms with Crippen LogP contribution in [0.5, 0.6) is 5.75 Å². The Labute approximate surface area is 142 Å². The number of nitrogens with zero attached hydrogens (tertiary/aromatic N) is 2. The highest BCUT2D eigenvalue weighted by atomic mass is 16.5. The van der Waals surface area contributed by atoms with Gasteiger partial charge in [-0.1, -0.05) is 13.0 Å². The molecule has 2 aromatic rings. The van der Waals surface area contributed by atoms with Gasteiger partial charge in [-0.2, -0.15) is 0 Å². The summed E-state index contributed by atoms with van der Waals surface area (Å²) in [5.74, 6) is 0.778. The fourth-order valence-corrected chi connectivity index (χ4v) is 2.18. The summed E-state index contributed by atoms with van der Waals surface area (Å²) < 4.78 is 5.29. The molecule has 1 heterocycles. The summed E-state index contributed by atoms with van der Waals surface area (Å²) in [6.45, 7) is 7.92. The van der Waals surface area contributed by atoms with Gasteiger partial charge >= 0.3 is 0 Å². The summed E-state index contributed by atoms with van der Waals surface area (Å²) in [5, 5.41) is 6.05. The van der Waals surface area contributed by atoms with Crippen molar-refractivity contribution in [3.63, 3.8) is 0 Å². The predicted octanol–water partition coefficient (Wildman–Crippen LogP) is 3.56. The first-order chi connectivity index (χ1) is 11.4. The molecule has 2 rings (SSSR count). The molecule has 6 nitrogen and oxygen atoms in total. The molecule has 0 radical (unpaired) electrons. The number of aromatic nitrogens is 2. The van der Waals surface area contributed by atoms with Gasteiger partial charge in [0.15, 0.2) is 0 Å². The molecule has 0 aliphatic heterocycles. The summed E-state index contributed by atoms with van der Waals surface area (Å²) >= 11 is 0. The van der Waals surface area contributed by atoms with Gasteiger partial charge in [0.25, 0.3) is 5.91 Å². The fourth-order valence-electron chi connectivity index (χ4n) is 2.18. The molecule has 0 aliphatic rings. The number of hydrogen-bond acceptors (Lipinski definition) is 5. The van der Waals surface area contributed by atoms with Gasteiger partial charge in [-0.05, 0) is 51.0 Å². The van der Waals surface area contributed by atoms with Gasteiger partial charge in [0.05, 0.1) is 12.8 Å². The number of methoxy groups -OCH3 is 1. The first-order valence-corrected chi connectivity index (χ1v) is 8.01. The Bertz CT molecular complexity index is 731. The van der Waals surface area contributed by atoms with Gasteiger partial charge in [0, 0.05) is 11.7 Å². The van der Waals surface area contributed by atoms with Gasteiger partial charge in [0.2, 0.25) is 5.95 Å². The van der Waals surface area contributed by atoms with Crippen molar-refractivity contribution >= 4 is 17.5 Å².